The normalized spacial score (nSPS) is 24.0. The second-order valence-electron chi connectivity index (χ2n) is 9.39. The van der Waals surface area contributed by atoms with Gasteiger partial charge in [-0.2, -0.15) is 0 Å². The molecule has 3 aromatic rings. The number of rotatable bonds is 6. The van der Waals surface area contributed by atoms with Crippen LogP contribution in [0.15, 0.2) is 41.6 Å². The van der Waals surface area contributed by atoms with E-state index >= 15 is 0 Å². The first-order valence-electron chi connectivity index (χ1n) is 12.1. The SMILES string of the molecule is COc1cccc(-c2cc(F)ccc2[C@H]2Cc3nc(N)nc(C)c3/C(=N/OCC3C[C@@H](O)[C@@H](O)C3)N2)n1. The first-order valence-corrected chi connectivity index (χ1v) is 12.1. The molecule has 0 amide bonds. The largest absolute Gasteiger partial charge is 0.481 e. The molecule has 1 aliphatic heterocycles. The number of aryl methyl sites for hydroxylation is 1. The molecule has 10 nitrogen and oxygen atoms in total. The van der Waals surface area contributed by atoms with Crippen molar-refractivity contribution in [1.82, 2.24) is 20.3 Å². The van der Waals surface area contributed by atoms with E-state index < -0.39 is 12.2 Å². The summed E-state index contributed by atoms with van der Waals surface area (Å²) in [4.78, 5) is 18.9. The van der Waals surface area contributed by atoms with Crippen LogP contribution in [0.5, 0.6) is 5.88 Å². The molecule has 1 fully saturated rings. The highest BCUT2D eigenvalue weighted by atomic mass is 19.1. The van der Waals surface area contributed by atoms with Crippen LogP contribution in [0.4, 0.5) is 10.3 Å². The van der Waals surface area contributed by atoms with E-state index in [9.17, 15) is 14.6 Å². The molecule has 1 saturated carbocycles. The van der Waals surface area contributed by atoms with Crippen LogP contribution < -0.4 is 15.8 Å². The van der Waals surface area contributed by atoms with Gasteiger partial charge in [-0.1, -0.05) is 17.3 Å². The number of nitrogens with zero attached hydrogens (tertiary/aromatic N) is 4. The number of nitrogens with two attached hydrogens (primary N) is 1. The van der Waals surface area contributed by atoms with Crippen LogP contribution in [0.3, 0.4) is 0 Å². The van der Waals surface area contributed by atoms with Crippen molar-refractivity contribution in [3.63, 3.8) is 0 Å². The Morgan fingerprint density at radius 1 is 1.14 bits per heavy atom. The highest BCUT2D eigenvalue weighted by Gasteiger charge is 2.33. The predicted molar refractivity (Wildman–Crippen MR) is 134 cm³/mol. The lowest BCUT2D eigenvalue weighted by molar-refractivity contribution is 0.0438. The Bertz CT molecular complexity index is 1330. The van der Waals surface area contributed by atoms with Gasteiger partial charge in [0.05, 0.1) is 48.0 Å². The van der Waals surface area contributed by atoms with Crippen LogP contribution in [0.1, 0.15) is 41.4 Å². The van der Waals surface area contributed by atoms with Crippen LogP contribution in [0.2, 0.25) is 0 Å². The minimum Gasteiger partial charge on any atom is -0.481 e. The number of hydrogen-bond acceptors (Lipinski definition) is 9. The Morgan fingerprint density at radius 2 is 1.92 bits per heavy atom. The minimum atomic E-state index is -0.750. The summed E-state index contributed by atoms with van der Waals surface area (Å²) < 4.78 is 19.6. The average Bonchev–Trinajstić information content (AvgIpc) is 3.20. The van der Waals surface area contributed by atoms with Crippen molar-refractivity contribution in [2.24, 2.45) is 11.1 Å². The van der Waals surface area contributed by atoms with Crippen LogP contribution in [0, 0.1) is 18.7 Å². The zero-order chi connectivity index (χ0) is 26.1. The summed E-state index contributed by atoms with van der Waals surface area (Å²) in [6.45, 7) is 2.06. The minimum absolute atomic E-state index is 0.0141. The number of nitrogens with one attached hydrogen (secondary N) is 1. The fourth-order valence-corrected chi connectivity index (χ4v) is 5.02. The Hall–Kier alpha value is -3.83. The van der Waals surface area contributed by atoms with E-state index in [1.165, 1.54) is 19.2 Å². The number of pyridine rings is 1. The van der Waals surface area contributed by atoms with Gasteiger partial charge in [0, 0.05) is 24.0 Å². The van der Waals surface area contributed by atoms with Gasteiger partial charge in [0.1, 0.15) is 12.4 Å². The molecule has 0 saturated heterocycles. The number of ether oxygens (including phenoxy) is 1. The van der Waals surface area contributed by atoms with Gasteiger partial charge in [-0.25, -0.2) is 19.3 Å². The average molecular weight is 509 g/mol. The lowest BCUT2D eigenvalue weighted by Gasteiger charge is -2.29. The van der Waals surface area contributed by atoms with Gasteiger partial charge in [0.25, 0.3) is 0 Å². The smallest absolute Gasteiger partial charge is 0.220 e. The van der Waals surface area contributed by atoms with E-state index in [0.717, 1.165) is 5.56 Å². The molecule has 0 radical (unpaired) electrons. The number of anilines is 1. The Morgan fingerprint density at radius 3 is 2.68 bits per heavy atom. The predicted octanol–water partition coefficient (Wildman–Crippen LogP) is 2.27. The van der Waals surface area contributed by atoms with Crippen molar-refractivity contribution in [2.75, 3.05) is 19.5 Å². The van der Waals surface area contributed by atoms with Gasteiger partial charge < -0.3 is 30.8 Å². The summed E-state index contributed by atoms with van der Waals surface area (Å²) in [6, 6.07) is 9.54. The van der Waals surface area contributed by atoms with Gasteiger partial charge in [-0.15, -0.1) is 0 Å². The van der Waals surface area contributed by atoms with Gasteiger partial charge in [0.15, 0.2) is 5.84 Å². The quantitative estimate of drug-likeness (QED) is 0.368. The summed E-state index contributed by atoms with van der Waals surface area (Å²) in [6.07, 6.45) is -0.154. The van der Waals surface area contributed by atoms with Gasteiger partial charge >= 0.3 is 0 Å². The van der Waals surface area contributed by atoms with Crippen molar-refractivity contribution < 1.29 is 24.2 Å². The number of halogens is 1. The highest BCUT2D eigenvalue weighted by Crippen LogP contribution is 2.34. The van der Waals surface area contributed by atoms with Crippen LogP contribution in [0.25, 0.3) is 11.3 Å². The first kappa shape index (κ1) is 24.8. The number of hydrogen-bond donors (Lipinski definition) is 4. The van der Waals surface area contributed by atoms with E-state index in [2.05, 4.69) is 25.4 Å². The third kappa shape index (κ3) is 5.18. The van der Waals surface area contributed by atoms with Crippen molar-refractivity contribution in [1.29, 1.82) is 0 Å². The Labute approximate surface area is 213 Å². The van der Waals surface area contributed by atoms with Gasteiger partial charge in [-0.05, 0) is 43.5 Å². The van der Waals surface area contributed by atoms with E-state index in [4.69, 9.17) is 15.3 Å². The monoisotopic (exact) mass is 508 g/mol. The molecule has 1 unspecified atom stereocenters. The van der Waals surface area contributed by atoms with Crippen molar-refractivity contribution >= 4 is 11.8 Å². The molecule has 0 spiro atoms. The van der Waals surface area contributed by atoms with Crippen molar-refractivity contribution in [3.8, 4) is 17.1 Å². The van der Waals surface area contributed by atoms with E-state index in [1.807, 2.05) is 6.92 Å². The van der Waals surface area contributed by atoms with Gasteiger partial charge in [0.2, 0.25) is 11.8 Å². The molecule has 5 N–H and O–H groups in total. The number of oxime groups is 1. The fraction of sp³-hybridized carbons (Fsp3) is 0.385. The highest BCUT2D eigenvalue weighted by molar-refractivity contribution is 6.01. The number of amidine groups is 1. The molecule has 5 rings (SSSR count). The number of nitrogen functional groups attached to an aromatic ring is 1. The number of aliphatic hydroxyl groups is 2. The van der Waals surface area contributed by atoms with Gasteiger partial charge in [-0.3, -0.25) is 0 Å². The molecule has 4 atom stereocenters. The number of methoxy groups -OCH3 is 1. The molecular formula is C26H29FN6O4. The Balaban J connectivity index is 1.50. The Kier molecular flexibility index (Phi) is 6.90. The molecule has 37 heavy (non-hydrogen) atoms. The van der Waals surface area contributed by atoms with Crippen LogP contribution >= 0.6 is 0 Å². The zero-order valence-electron chi connectivity index (χ0n) is 20.6. The lowest BCUT2D eigenvalue weighted by atomic mass is 9.90. The van der Waals surface area contributed by atoms with Crippen molar-refractivity contribution in [2.45, 2.75) is 44.4 Å². The van der Waals surface area contributed by atoms with E-state index in [1.54, 1.807) is 24.3 Å². The summed E-state index contributed by atoms with van der Waals surface area (Å²) in [7, 11) is 1.53. The summed E-state index contributed by atoms with van der Waals surface area (Å²) >= 11 is 0. The molecule has 1 aromatic carbocycles. The van der Waals surface area contributed by atoms with E-state index in [0.29, 0.717) is 59.2 Å². The van der Waals surface area contributed by atoms with E-state index in [-0.39, 0.29) is 30.3 Å². The molecule has 2 aliphatic rings. The first-order chi connectivity index (χ1) is 17.8. The topological polar surface area (TPSA) is 148 Å². The number of aliphatic hydroxyl groups excluding tert-OH is 2. The maximum absolute atomic E-state index is 14.4. The van der Waals surface area contributed by atoms with Crippen LogP contribution in [-0.2, 0) is 11.3 Å². The fourth-order valence-electron chi connectivity index (χ4n) is 5.02. The molecule has 3 heterocycles. The molecule has 1 aliphatic carbocycles. The maximum atomic E-state index is 14.4. The summed E-state index contributed by atoms with van der Waals surface area (Å²) in [5, 5.41) is 27.4. The second kappa shape index (κ2) is 10.3. The van der Waals surface area contributed by atoms with Crippen LogP contribution in [-0.4, -0.2) is 56.9 Å². The molecule has 11 heteroatoms. The number of fused-ring (bicyclic) bond motifs is 1. The lowest BCUT2D eigenvalue weighted by Crippen LogP contribution is -2.38. The number of benzene rings is 1. The second-order valence-corrected chi connectivity index (χ2v) is 9.39. The summed E-state index contributed by atoms with van der Waals surface area (Å²) in [5.41, 5.74) is 9.95. The van der Waals surface area contributed by atoms with Crippen molar-refractivity contribution in [3.05, 3.63) is 64.7 Å². The molecule has 2 aromatic heterocycles. The molecular weight excluding hydrogens is 479 g/mol. The summed E-state index contributed by atoms with van der Waals surface area (Å²) in [5.74, 6) is 0.597. The molecule has 0 bridgehead atoms. The zero-order valence-corrected chi connectivity index (χ0v) is 20.6. The standard InChI is InChI=1S/C26H29FN6O4/c1-13-24-20(32-26(28)29-13)11-19(31-25(24)33-37-12-14-8-21(34)22(35)9-14)16-7-6-15(27)10-17(16)18-4-3-5-23(30-18)36-2/h3-7,10,14,19,21-22,34-35H,8-9,11-12H2,1-2H3,(H,31,33)(H2,28,29,32)/t14?,19-,21-,22+/m1/s1. The maximum Gasteiger partial charge on any atom is 0.220 e. The number of aromatic nitrogens is 3. The third-order valence-corrected chi connectivity index (χ3v) is 6.79. The third-order valence-electron chi connectivity index (χ3n) is 6.79. The molecule has 194 valence electrons.